The van der Waals surface area contributed by atoms with Gasteiger partial charge in [0.2, 0.25) is 5.91 Å². The number of benzene rings is 1. The normalized spacial score (nSPS) is 16.1. The van der Waals surface area contributed by atoms with Crippen LogP contribution in [0.5, 0.6) is 0 Å². The topological polar surface area (TPSA) is 76.0 Å². The number of hydrogen-bond donors (Lipinski definition) is 2. The number of amides is 2. The molecule has 1 aliphatic rings. The molecule has 126 valence electrons. The highest BCUT2D eigenvalue weighted by atomic mass is 16.2. The largest absolute Gasteiger partial charge is 0.345 e. The van der Waals surface area contributed by atoms with Crippen molar-refractivity contribution in [3.63, 3.8) is 0 Å². The quantitative estimate of drug-likeness (QED) is 0.856. The molecule has 1 unspecified atom stereocenters. The van der Waals surface area contributed by atoms with Gasteiger partial charge in [0, 0.05) is 11.6 Å². The Morgan fingerprint density at radius 3 is 2.79 bits per heavy atom. The van der Waals surface area contributed by atoms with Crippen molar-refractivity contribution in [2.75, 3.05) is 5.32 Å². The van der Waals surface area contributed by atoms with E-state index in [9.17, 15) is 9.59 Å². The summed E-state index contributed by atoms with van der Waals surface area (Å²) in [5.74, 6) is 0.446. The molecule has 1 atom stereocenters. The number of anilines is 1. The van der Waals surface area contributed by atoms with E-state index in [2.05, 4.69) is 29.6 Å². The summed E-state index contributed by atoms with van der Waals surface area (Å²) < 4.78 is 1.86. The molecule has 0 bridgehead atoms. The Labute approximate surface area is 141 Å². The van der Waals surface area contributed by atoms with Crippen LogP contribution < -0.4 is 10.6 Å². The predicted octanol–water partition coefficient (Wildman–Crippen LogP) is 3.06. The number of nitrogens with zero attached hydrogens (tertiary/aromatic N) is 2. The molecule has 3 rings (SSSR count). The van der Waals surface area contributed by atoms with Gasteiger partial charge in [-0.2, -0.15) is 5.10 Å². The third kappa shape index (κ3) is 3.04. The van der Waals surface area contributed by atoms with E-state index in [4.69, 9.17) is 0 Å². The molecule has 0 aliphatic carbocycles. The van der Waals surface area contributed by atoms with E-state index >= 15 is 0 Å². The zero-order chi connectivity index (χ0) is 17.1. The average Bonchev–Trinajstić information content (AvgIpc) is 3.15. The Balaban J connectivity index is 1.70. The van der Waals surface area contributed by atoms with Gasteiger partial charge in [-0.15, -0.1) is 0 Å². The van der Waals surface area contributed by atoms with Crippen molar-refractivity contribution < 1.29 is 9.59 Å². The molecular formula is C18H22N4O2. The first-order valence-corrected chi connectivity index (χ1v) is 8.37. The molecule has 2 amide bonds. The van der Waals surface area contributed by atoms with E-state index in [0.717, 1.165) is 18.4 Å². The van der Waals surface area contributed by atoms with Crippen LogP contribution in [0.2, 0.25) is 0 Å². The van der Waals surface area contributed by atoms with E-state index in [1.165, 1.54) is 0 Å². The number of nitrogens with one attached hydrogen (secondary N) is 2. The summed E-state index contributed by atoms with van der Waals surface area (Å²) in [7, 11) is 0. The van der Waals surface area contributed by atoms with Crippen molar-refractivity contribution in [2.24, 2.45) is 0 Å². The molecule has 1 aliphatic heterocycles. The first kappa shape index (κ1) is 16.2. The van der Waals surface area contributed by atoms with Crippen molar-refractivity contribution >= 4 is 17.6 Å². The van der Waals surface area contributed by atoms with Gasteiger partial charge in [0.1, 0.15) is 5.82 Å². The van der Waals surface area contributed by atoms with Crippen molar-refractivity contribution in [3.05, 3.63) is 47.7 Å². The smallest absolute Gasteiger partial charge is 0.252 e. The maximum atomic E-state index is 12.4. The van der Waals surface area contributed by atoms with Crippen LogP contribution in [0.25, 0.3) is 0 Å². The second-order valence-corrected chi connectivity index (χ2v) is 6.00. The van der Waals surface area contributed by atoms with Crippen molar-refractivity contribution in [2.45, 2.75) is 45.2 Å². The molecular weight excluding hydrogens is 304 g/mol. The molecule has 2 heterocycles. The lowest BCUT2D eigenvalue weighted by Gasteiger charge is -2.18. The number of hydrogen-bond acceptors (Lipinski definition) is 3. The highest BCUT2D eigenvalue weighted by Crippen LogP contribution is 2.28. The van der Waals surface area contributed by atoms with Gasteiger partial charge in [-0.25, -0.2) is 4.68 Å². The molecule has 6 nitrogen and oxygen atoms in total. The number of fused-ring (bicyclic) bond motifs is 1. The fourth-order valence-electron chi connectivity index (χ4n) is 3.20. The summed E-state index contributed by atoms with van der Waals surface area (Å²) in [6.07, 6.45) is 3.80. The molecule has 0 saturated carbocycles. The van der Waals surface area contributed by atoms with Crippen LogP contribution in [0, 0.1) is 0 Å². The minimum atomic E-state index is -0.279. The molecule has 0 radical (unpaired) electrons. The number of carbonyl (C=O) groups excluding carboxylic acids is 2. The Bertz CT molecular complexity index is 749. The first-order valence-electron chi connectivity index (χ1n) is 8.37. The van der Waals surface area contributed by atoms with Gasteiger partial charge < -0.3 is 10.6 Å². The molecule has 6 heteroatoms. The van der Waals surface area contributed by atoms with Crippen LogP contribution in [0.3, 0.4) is 0 Å². The summed E-state index contributed by atoms with van der Waals surface area (Å²) >= 11 is 0. The van der Waals surface area contributed by atoms with Crippen LogP contribution in [-0.4, -0.2) is 21.6 Å². The Kier molecular flexibility index (Phi) is 4.64. The summed E-state index contributed by atoms with van der Waals surface area (Å²) in [5.41, 5.74) is 1.53. The highest BCUT2D eigenvalue weighted by Gasteiger charge is 2.29. The summed E-state index contributed by atoms with van der Waals surface area (Å²) in [5, 5.41) is 10.1. The maximum absolute atomic E-state index is 12.4. The van der Waals surface area contributed by atoms with Crippen molar-refractivity contribution in [3.8, 4) is 0 Å². The lowest BCUT2D eigenvalue weighted by molar-refractivity contribution is -0.116. The van der Waals surface area contributed by atoms with Gasteiger partial charge >= 0.3 is 0 Å². The highest BCUT2D eigenvalue weighted by molar-refractivity contribution is 6.00. The van der Waals surface area contributed by atoms with Gasteiger partial charge in [-0.1, -0.05) is 32.0 Å². The second kappa shape index (κ2) is 6.86. The molecule has 2 aromatic rings. The number of aromatic nitrogens is 2. The van der Waals surface area contributed by atoms with Crippen LogP contribution in [-0.2, 0) is 4.79 Å². The average molecular weight is 326 g/mol. The molecule has 24 heavy (non-hydrogen) atoms. The van der Waals surface area contributed by atoms with Crippen molar-refractivity contribution in [1.82, 2.24) is 15.1 Å². The van der Waals surface area contributed by atoms with Gasteiger partial charge in [0.25, 0.3) is 5.91 Å². The lowest BCUT2D eigenvalue weighted by Crippen LogP contribution is -2.25. The zero-order valence-corrected chi connectivity index (χ0v) is 14.0. The second-order valence-electron chi connectivity index (χ2n) is 6.00. The van der Waals surface area contributed by atoms with E-state index < -0.39 is 0 Å². The lowest BCUT2D eigenvalue weighted by atomic mass is 10.0. The third-order valence-electron chi connectivity index (χ3n) is 4.50. The summed E-state index contributed by atoms with van der Waals surface area (Å²) in [6.45, 7) is 4.21. The van der Waals surface area contributed by atoms with E-state index in [1.807, 2.05) is 22.9 Å². The number of rotatable bonds is 6. The van der Waals surface area contributed by atoms with Crippen LogP contribution in [0.15, 0.2) is 36.5 Å². The van der Waals surface area contributed by atoms with E-state index in [-0.39, 0.29) is 30.3 Å². The summed E-state index contributed by atoms with van der Waals surface area (Å²) in [6, 6.07) is 9.17. The molecule has 0 spiro atoms. The minimum Gasteiger partial charge on any atom is -0.345 e. The molecule has 0 saturated heterocycles. The summed E-state index contributed by atoms with van der Waals surface area (Å²) in [4.78, 5) is 24.4. The first-order chi connectivity index (χ1) is 11.6. The van der Waals surface area contributed by atoms with Crippen LogP contribution >= 0.6 is 0 Å². The Morgan fingerprint density at radius 2 is 2.04 bits per heavy atom. The van der Waals surface area contributed by atoms with Crippen molar-refractivity contribution in [1.29, 1.82) is 0 Å². The van der Waals surface area contributed by atoms with Gasteiger partial charge in [0.05, 0.1) is 24.7 Å². The van der Waals surface area contributed by atoms with Gasteiger partial charge in [-0.3, -0.25) is 9.59 Å². The Morgan fingerprint density at radius 1 is 1.29 bits per heavy atom. The van der Waals surface area contributed by atoms with Crippen LogP contribution in [0.1, 0.15) is 61.1 Å². The molecule has 0 fully saturated rings. The van der Waals surface area contributed by atoms with E-state index in [0.29, 0.717) is 11.4 Å². The fourth-order valence-corrected chi connectivity index (χ4v) is 3.20. The number of carbonyl (C=O) groups is 2. The minimum absolute atomic E-state index is 0.120. The molecule has 1 aromatic heterocycles. The zero-order valence-electron chi connectivity index (χ0n) is 14.0. The molecule has 2 N–H and O–H groups in total. The third-order valence-corrected chi connectivity index (χ3v) is 4.50. The monoisotopic (exact) mass is 326 g/mol. The van der Waals surface area contributed by atoms with Gasteiger partial charge in [-0.05, 0) is 24.5 Å². The standard InChI is InChI=1S/C18H22N4O2/c1-3-12(4-2)22-16(9-10-19-22)21-17(23)11-15-13-7-5-6-8-14(13)18(24)20-15/h5-10,12,15H,3-4,11H2,1-2H3,(H,20,24)(H,21,23). The van der Waals surface area contributed by atoms with Crippen LogP contribution in [0.4, 0.5) is 5.82 Å². The van der Waals surface area contributed by atoms with E-state index in [1.54, 1.807) is 18.3 Å². The SMILES string of the molecule is CCC(CC)n1nccc1NC(=O)CC1NC(=O)c2ccccc21. The van der Waals surface area contributed by atoms with Gasteiger partial charge in [0.15, 0.2) is 0 Å². The fraction of sp³-hybridized carbons (Fsp3) is 0.389. The molecule has 1 aromatic carbocycles. The Hall–Kier alpha value is -2.63. The predicted molar refractivity (Wildman–Crippen MR) is 91.7 cm³/mol. The maximum Gasteiger partial charge on any atom is 0.252 e.